The second-order valence-electron chi connectivity index (χ2n) is 9.66. The first-order valence-electron chi connectivity index (χ1n) is 12.5. The molecule has 0 bridgehead atoms. The highest BCUT2D eigenvalue weighted by Gasteiger charge is 2.30. The maximum absolute atomic E-state index is 12.4. The Balaban J connectivity index is 1.25. The van der Waals surface area contributed by atoms with Crippen molar-refractivity contribution in [2.75, 3.05) is 36.9 Å². The second-order valence-corrected chi connectivity index (χ2v) is 10.0. The van der Waals surface area contributed by atoms with Gasteiger partial charge in [-0.25, -0.2) is 9.78 Å². The number of hydrogen-bond acceptors (Lipinski definition) is 10. The van der Waals surface area contributed by atoms with Crippen molar-refractivity contribution >= 4 is 40.8 Å². The van der Waals surface area contributed by atoms with E-state index in [-0.39, 0.29) is 29.8 Å². The van der Waals surface area contributed by atoms with Gasteiger partial charge in [-0.15, -0.1) is 5.10 Å². The Morgan fingerprint density at radius 1 is 1.16 bits per heavy atom. The number of halogens is 1. The van der Waals surface area contributed by atoms with Gasteiger partial charge in [0.2, 0.25) is 5.95 Å². The van der Waals surface area contributed by atoms with Crippen molar-refractivity contribution in [1.82, 2.24) is 24.5 Å². The zero-order valence-electron chi connectivity index (χ0n) is 20.4. The molecule has 4 heterocycles. The second kappa shape index (κ2) is 9.97. The van der Waals surface area contributed by atoms with Gasteiger partial charge in [-0.3, -0.25) is 0 Å². The van der Waals surface area contributed by atoms with Gasteiger partial charge in [0.05, 0.1) is 41.8 Å². The van der Waals surface area contributed by atoms with Crippen LogP contribution in [0.15, 0.2) is 18.3 Å². The fourth-order valence-corrected chi connectivity index (χ4v) is 4.93. The summed E-state index contributed by atoms with van der Waals surface area (Å²) in [6, 6.07) is 8.06. The van der Waals surface area contributed by atoms with Crippen LogP contribution in [0, 0.1) is 22.7 Å². The smallest absolute Gasteiger partial charge is 0.410 e. The Kier molecular flexibility index (Phi) is 6.35. The average Bonchev–Trinajstić information content (AvgIpc) is 3.63. The first kappa shape index (κ1) is 24.2. The van der Waals surface area contributed by atoms with Crippen LogP contribution in [0.4, 0.5) is 22.2 Å². The molecule has 1 saturated carbocycles. The number of ether oxygens (including phenoxy) is 2. The molecule has 6 rings (SSSR count). The molecule has 0 atom stereocenters. The molecule has 0 unspecified atom stereocenters. The summed E-state index contributed by atoms with van der Waals surface area (Å²) in [6.45, 7) is 1.95. The molecule has 194 valence electrons. The average molecular weight is 534 g/mol. The lowest BCUT2D eigenvalue weighted by atomic mass is 9.88. The molecule has 2 N–H and O–H groups in total. The summed E-state index contributed by atoms with van der Waals surface area (Å²) in [5.41, 5.74) is 2.49. The van der Waals surface area contributed by atoms with Crippen molar-refractivity contribution in [2.45, 2.75) is 43.7 Å². The number of anilines is 3. The van der Waals surface area contributed by atoms with Gasteiger partial charge >= 0.3 is 6.09 Å². The number of carbonyl (C=O) groups is 1. The largest absolute Gasteiger partial charge is 0.441 e. The monoisotopic (exact) mass is 533 g/mol. The predicted molar refractivity (Wildman–Crippen MR) is 136 cm³/mol. The molecule has 3 fully saturated rings. The van der Waals surface area contributed by atoms with E-state index in [0.29, 0.717) is 72.9 Å². The lowest BCUT2D eigenvalue weighted by molar-refractivity contribution is -0.105. The molecule has 3 aromatic rings. The van der Waals surface area contributed by atoms with Crippen LogP contribution >= 0.6 is 11.6 Å². The van der Waals surface area contributed by atoms with E-state index in [0.717, 1.165) is 18.4 Å². The number of carbonyl (C=O) groups excluding carboxylic acids is 1. The lowest BCUT2D eigenvalue weighted by Crippen LogP contribution is -2.44. The van der Waals surface area contributed by atoms with E-state index in [4.69, 9.17) is 21.1 Å². The predicted octanol–water partition coefficient (Wildman–Crippen LogP) is 3.55. The molecule has 2 saturated heterocycles. The third kappa shape index (κ3) is 4.76. The molecule has 1 aliphatic carbocycles. The number of hydrogen-bond donors (Lipinski definition) is 2. The number of amides is 1. The summed E-state index contributed by atoms with van der Waals surface area (Å²) < 4.78 is 11.9. The number of benzene rings is 1. The molecular formula is C25H24ClN9O3. The lowest BCUT2D eigenvalue weighted by Gasteiger charge is -2.34. The summed E-state index contributed by atoms with van der Waals surface area (Å²) >= 11 is 6.87. The molecule has 3 aliphatic rings. The normalized spacial score (nSPS) is 17.9. The van der Waals surface area contributed by atoms with E-state index >= 15 is 0 Å². The first-order chi connectivity index (χ1) is 18.5. The minimum atomic E-state index is -0.324. The van der Waals surface area contributed by atoms with E-state index in [9.17, 15) is 15.3 Å². The van der Waals surface area contributed by atoms with Crippen LogP contribution in [-0.4, -0.2) is 69.0 Å². The van der Waals surface area contributed by atoms with Crippen molar-refractivity contribution in [3.05, 3.63) is 40.2 Å². The van der Waals surface area contributed by atoms with Gasteiger partial charge in [0.1, 0.15) is 6.07 Å². The number of imidazole rings is 1. The van der Waals surface area contributed by atoms with Crippen molar-refractivity contribution in [2.24, 2.45) is 0 Å². The number of aromatic nitrogens is 4. The van der Waals surface area contributed by atoms with Crippen LogP contribution in [0.2, 0.25) is 5.02 Å². The van der Waals surface area contributed by atoms with E-state index in [1.807, 2.05) is 0 Å². The molecule has 1 aromatic carbocycles. The van der Waals surface area contributed by atoms with Gasteiger partial charge in [0.15, 0.2) is 23.3 Å². The van der Waals surface area contributed by atoms with Gasteiger partial charge in [0.25, 0.3) is 0 Å². The molecule has 12 nitrogen and oxygen atoms in total. The highest BCUT2D eigenvalue weighted by molar-refractivity contribution is 6.34. The molecule has 0 spiro atoms. The molecule has 13 heteroatoms. The van der Waals surface area contributed by atoms with Crippen molar-refractivity contribution in [3.63, 3.8) is 0 Å². The Bertz CT molecular complexity index is 1480. The van der Waals surface area contributed by atoms with Crippen LogP contribution in [0.25, 0.3) is 5.65 Å². The van der Waals surface area contributed by atoms with Crippen LogP contribution in [0.1, 0.15) is 48.4 Å². The van der Waals surface area contributed by atoms with Crippen molar-refractivity contribution < 1.29 is 14.3 Å². The van der Waals surface area contributed by atoms with Crippen LogP contribution in [0.5, 0.6) is 0 Å². The van der Waals surface area contributed by atoms with Crippen LogP contribution < -0.4 is 10.6 Å². The molecule has 0 radical (unpaired) electrons. The zero-order valence-corrected chi connectivity index (χ0v) is 21.1. The van der Waals surface area contributed by atoms with Crippen LogP contribution in [0.3, 0.4) is 0 Å². The van der Waals surface area contributed by atoms with E-state index in [2.05, 4.69) is 37.8 Å². The van der Waals surface area contributed by atoms with Gasteiger partial charge in [-0.05, 0) is 49.3 Å². The first-order valence-corrected chi connectivity index (χ1v) is 12.9. The Hall–Kier alpha value is -4.13. The van der Waals surface area contributed by atoms with Gasteiger partial charge in [0, 0.05) is 19.1 Å². The number of fused-ring (bicyclic) bond motifs is 1. The highest BCUT2D eigenvalue weighted by Crippen LogP contribution is 2.39. The standard InChI is InChI=1S/C25H24ClN9O3/c26-21-19(15-3-5-34(6-4-15)25(36)38-18-12-37-13-18)7-14(9-27)8-20(21)31-24-32-22(30-16-1-2-16)23-29-11-17(10-28)35(23)33-24/h7-8,11,15-16,18H,1-6,12-13H2,(H2,30,31,32,33). The number of nitrogens with one attached hydrogen (secondary N) is 2. The van der Waals surface area contributed by atoms with E-state index in [1.54, 1.807) is 17.0 Å². The number of likely N-dealkylation sites (tertiary alicyclic amines) is 1. The quantitative estimate of drug-likeness (QED) is 0.480. The fraction of sp³-hybridized carbons (Fsp3) is 0.440. The third-order valence-electron chi connectivity index (χ3n) is 6.94. The molecule has 1 amide bonds. The summed E-state index contributed by atoms with van der Waals surface area (Å²) in [5, 5.41) is 30.6. The third-order valence-corrected chi connectivity index (χ3v) is 7.36. The van der Waals surface area contributed by atoms with Gasteiger partial charge in [-0.1, -0.05) is 11.6 Å². The Morgan fingerprint density at radius 3 is 2.61 bits per heavy atom. The Labute approximate surface area is 223 Å². The minimum Gasteiger partial charge on any atom is -0.441 e. The van der Waals surface area contributed by atoms with E-state index in [1.165, 1.54) is 10.7 Å². The highest BCUT2D eigenvalue weighted by atomic mass is 35.5. The maximum atomic E-state index is 12.4. The summed E-state index contributed by atoms with van der Waals surface area (Å²) in [4.78, 5) is 23.0. The van der Waals surface area contributed by atoms with Crippen LogP contribution in [-0.2, 0) is 9.47 Å². The minimum absolute atomic E-state index is 0.0572. The molecule has 2 aromatic heterocycles. The zero-order chi connectivity index (χ0) is 26.2. The SMILES string of the molecule is N#Cc1cc(Nc2nc(NC3CC3)c3ncc(C#N)n3n2)c(Cl)c(C2CCN(C(=O)OC3COC3)CC2)c1. The molecule has 38 heavy (non-hydrogen) atoms. The van der Waals surface area contributed by atoms with Crippen molar-refractivity contribution in [1.29, 1.82) is 10.5 Å². The molecule has 2 aliphatic heterocycles. The summed E-state index contributed by atoms with van der Waals surface area (Å²) in [7, 11) is 0. The van der Waals surface area contributed by atoms with Gasteiger partial charge in [-0.2, -0.15) is 20.0 Å². The molecular weight excluding hydrogens is 510 g/mol. The Morgan fingerprint density at radius 2 is 1.95 bits per heavy atom. The number of piperidine rings is 1. The fourth-order valence-electron chi connectivity index (χ4n) is 4.62. The van der Waals surface area contributed by atoms with Crippen molar-refractivity contribution in [3.8, 4) is 12.1 Å². The summed E-state index contributed by atoms with van der Waals surface area (Å²) in [6.07, 6.45) is 4.41. The van der Waals surface area contributed by atoms with E-state index < -0.39 is 0 Å². The maximum Gasteiger partial charge on any atom is 0.410 e. The summed E-state index contributed by atoms with van der Waals surface area (Å²) in [5.74, 6) is 0.796. The number of nitriles is 2. The number of rotatable bonds is 6. The number of nitrogens with zero attached hydrogens (tertiary/aromatic N) is 7. The topological polar surface area (TPSA) is 153 Å². The van der Waals surface area contributed by atoms with Gasteiger partial charge < -0.3 is 25.0 Å².